The van der Waals surface area contributed by atoms with Crippen LogP contribution in [0.25, 0.3) is 0 Å². The van der Waals surface area contributed by atoms with Crippen LogP contribution in [0.2, 0.25) is 0 Å². The molecular formula is C12H16N2O2S. The Bertz CT molecular complexity index is 536. The van der Waals surface area contributed by atoms with Crippen molar-refractivity contribution in [3.63, 3.8) is 0 Å². The number of nitrogens with one attached hydrogen (secondary N) is 1. The van der Waals surface area contributed by atoms with Crippen LogP contribution < -0.4 is 4.72 Å². The maximum absolute atomic E-state index is 12.1. The van der Waals surface area contributed by atoms with E-state index in [0.29, 0.717) is 5.56 Å². The summed E-state index contributed by atoms with van der Waals surface area (Å²) in [6.07, 6.45) is 0.0845. The van der Waals surface area contributed by atoms with Crippen LogP contribution in [0.5, 0.6) is 0 Å². The second-order valence-electron chi connectivity index (χ2n) is 4.80. The Morgan fingerprint density at radius 3 is 2.41 bits per heavy atom. The van der Waals surface area contributed by atoms with Crippen LogP contribution in [-0.4, -0.2) is 14.0 Å². The fraction of sp³-hybridized carbons (Fsp3) is 0.417. The first-order chi connectivity index (χ1) is 7.76. The van der Waals surface area contributed by atoms with Crippen molar-refractivity contribution in [1.29, 1.82) is 5.26 Å². The molecular weight excluding hydrogens is 236 g/mol. The summed E-state index contributed by atoms with van der Waals surface area (Å²) in [7, 11) is -3.57. The predicted molar refractivity (Wildman–Crippen MR) is 65.8 cm³/mol. The van der Waals surface area contributed by atoms with Gasteiger partial charge in [0, 0.05) is 5.54 Å². The summed E-state index contributed by atoms with van der Waals surface area (Å²) in [5.74, 6) is 0. The molecule has 0 aliphatic heterocycles. The minimum absolute atomic E-state index is 0.0845. The summed E-state index contributed by atoms with van der Waals surface area (Å²) in [5, 5.41) is 8.68. The van der Waals surface area contributed by atoms with Gasteiger partial charge >= 0.3 is 0 Å². The van der Waals surface area contributed by atoms with E-state index < -0.39 is 15.6 Å². The summed E-state index contributed by atoms with van der Waals surface area (Å²) in [6.45, 7) is 5.33. The van der Waals surface area contributed by atoms with Crippen LogP contribution in [0.3, 0.4) is 0 Å². The van der Waals surface area contributed by atoms with Gasteiger partial charge in [-0.1, -0.05) is 18.2 Å². The summed E-state index contributed by atoms with van der Waals surface area (Å²) >= 11 is 0. The van der Waals surface area contributed by atoms with Gasteiger partial charge in [0.05, 0.1) is 17.4 Å². The molecule has 0 heterocycles. The van der Waals surface area contributed by atoms with Gasteiger partial charge in [-0.05, 0) is 32.4 Å². The molecule has 1 aromatic rings. The third-order valence-corrected chi connectivity index (χ3v) is 3.83. The van der Waals surface area contributed by atoms with Crippen molar-refractivity contribution < 1.29 is 8.42 Å². The number of benzene rings is 1. The molecule has 92 valence electrons. The first-order valence-corrected chi connectivity index (χ1v) is 6.73. The molecule has 0 aliphatic carbocycles. The van der Waals surface area contributed by atoms with Crippen molar-refractivity contribution >= 4 is 10.0 Å². The molecule has 0 saturated heterocycles. The van der Waals surface area contributed by atoms with Gasteiger partial charge in [0.1, 0.15) is 0 Å². The fourth-order valence-corrected chi connectivity index (χ4v) is 3.11. The van der Waals surface area contributed by atoms with Crippen molar-refractivity contribution in [2.75, 3.05) is 0 Å². The zero-order chi connectivity index (χ0) is 13.1. The molecule has 4 nitrogen and oxygen atoms in total. The molecule has 0 spiro atoms. The monoisotopic (exact) mass is 252 g/mol. The molecule has 0 bridgehead atoms. The maximum atomic E-state index is 12.1. The molecule has 0 unspecified atom stereocenters. The molecule has 0 aromatic heterocycles. The minimum Gasteiger partial charge on any atom is -0.207 e. The van der Waals surface area contributed by atoms with E-state index >= 15 is 0 Å². The van der Waals surface area contributed by atoms with E-state index in [1.807, 2.05) is 6.07 Å². The summed E-state index contributed by atoms with van der Waals surface area (Å²) in [6, 6.07) is 8.51. The Hall–Kier alpha value is -1.38. The Morgan fingerprint density at radius 2 is 1.88 bits per heavy atom. The molecule has 5 heteroatoms. The molecule has 1 N–H and O–H groups in total. The van der Waals surface area contributed by atoms with Gasteiger partial charge in [0.15, 0.2) is 0 Å². The van der Waals surface area contributed by atoms with E-state index in [-0.39, 0.29) is 11.3 Å². The van der Waals surface area contributed by atoms with Gasteiger partial charge in [-0.3, -0.25) is 0 Å². The Labute approximate surface area is 102 Å². The van der Waals surface area contributed by atoms with Crippen LogP contribution in [0.4, 0.5) is 0 Å². The van der Waals surface area contributed by atoms with Crippen molar-refractivity contribution in [3.8, 4) is 6.07 Å². The van der Waals surface area contributed by atoms with Gasteiger partial charge in [-0.25, -0.2) is 13.1 Å². The zero-order valence-electron chi connectivity index (χ0n) is 10.2. The molecule has 0 aliphatic rings. The van der Waals surface area contributed by atoms with Gasteiger partial charge in [0.25, 0.3) is 0 Å². The van der Waals surface area contributed by atoms with Crippen molar-refractivity contribution in [2.45, 2.75) is 37.6 Å². The lowest BCUT2D eigenvalue weighted by Crippen LogP contribution is -2.40. The molecule has 0 atom stereocenters. The quantitative estimate of drug-likeness (QED) is 0.892. The molecule has 1 rings (SSSR count). The van der Waals surface area contributed by atoms with Gasteiger partial charge in [-0.15, -0.1) is 0 Å². The lowest BCUT2D eigenvalue weighted by atomic mass is 10.1. The van der Waals surface area contributed by atoms with Crippen LogP contribution in [0.1, 0.15) is 26.3 Å². The molecule has 17 heavy (non-hydrogen) atoms. The Morgan fingerprint density at radius 1 is 1.29 bits per heavy atom. The third kappa shape index (κ3) is 3.84. The number of hydrogen-bond donors (Lipinski definition) is 1. The van der Waals surface area contributed by atoms with Crippen LogP contribution >= 0.6 is 0 Å². The second-order valence-corrected chi connectivity index (χ2v) is 6.45. The van der Waals surface area contributed by atoms with E-state index in [1.165, 1.54) is 6.07 Å². The lowest BCUT2D eigenvalue weighted by Gasteiger charge is -2.21. The highest BCUT2D eigenvalue weighted by molar-refractivity contribution is 7.89. The molecule has 1 aromatic carbocycles. The number of hydrogen-bond acceptors (Lipinski definition) is 3. The smallest absolute Gasteiger partial charge is 0.207 e. The number of nitrogens with zero attached hydrogens (tertiary/aromatic N) is 1. The SMILES string of the molecule is CC(C)(C)NS(=O)(=O)c1ccccc1CC#N. The zero-order valence-corrected chi connectivity index (χ0v) is 11.0. The van der Waals surface area contributed by atoms with E-state index in [1.54, 1.807) is 39.0 Å². The normalized spacial score (nSPS) is 12.1. The van der Waals surface area contributed by atoms with E-state index in [4.69, 9.17) is 5.26 Å². The molecule has 0 amide bonds. The number of rotatable bonds is 3. The topological polar surface area (TPSA) is 70.0 Å². The van der Waals surface area contributed by atoms with Crippen molar-refractivity contribution in [1.82, 2.24) is 4.72 Å². The highest BCUT2D eigenvalue weighted by Gasteiger charge is 2.23. The largest absolute Gasteiger partial charge is 0.241 e. The highest BCUT2D eigenvalue weighted by Crippen LogP contribution is 2.17. The number of sulfonamides is 1. The van der Waals surface area contributed by atoms with Crippen molar-refractivity contribution in [2.24, 2.45) is 0 Å². The van der Waals surface area contributed by atoms with Gasteiger partial charge in [0.2, 0.25) is 10.0 Å². The van der Waals surface area contributed by atoms with Gasteiger partial charge < -0.3 is 0 Å². The highest BCUT2D eigenvalue weighted by atomic mass is 32.2. The Balaban J connectivity index is 3.21. The van der Waals surface area contributed by atoms with E-state index in [2.05, 4.69) is 4.72 Å². The van der Waals surface area contributed by atoms with Crippen LogP contribution in [0.15, 0.2) is 29.2 Å². The van der Waals surface area contributed by atoms with Crippen LogP contribution in [-0.2, 0) is 16.4 Å². The first kappa shape index (κ1) is 13.7. The summed E-state index contributed by atoms with van der Waals surface area (Å²) in [4.78, 5) is 0.177. The van der Waals surface area contributed by atoms with E-state index in [9.17, 15) is 8.42 Å². The average molecular weight is 252 g/mol. The third-order valence-electron chi connectivity index (χ3n) is 1.97. The minimum atomic E-state index is -3.57. The van der Waals surface area contributed by atoms with E-state index in [0.717, 1.165) is 0 Å². The Kier molecular flexibility index (Phi) is 3.91. The number of nitriles is 1. The predicted octanol–water partition coefficient (Wildman–Crippen LogP) is 1.83. The average Bonchev–Trinajstić information content (AvgIpc) is 2.15. The first-order valence-electron chi connectivity index (χ1n) is 5.25. The maximum Gasteiger partial charge on any atom is 0.241 e. The summed E-state index contributed by atoms with van der Waals surface area (Å²) < 4.78 is 26.8. The fourth-order valence-electron chi connectivity index (χ4n) is 1.46. The second kappa shape index (κ2) is 4.86. The molecule has 0 saturated carbocycles. The summed E-state index contributed by atoms with van der Waals surface area (Å²) in [5.41, 5.74) is -0.0229. The standard InChI is InChI=1S/C12H16N2O2S/c1-12(2,3)14-17(15,16)11-7-5-4-6-10(11)8-9-13/h4-7,14H,8H2,1-3H3. The van der Waals surface area contributed by atoms with Gasteiger partial charge in [-0.2, -0.15) is 5.26 Å². The van der Waals surface area contributed by atoms with Crippen LogP contribution in [0, 0.1) is 11.3 Å². The molecule has 0 radical (unpaired) electrons. The molecule has 0 fully saturated rings. The van der Waals surface area contributed by atoms with Crippen molar-refractivity contribution in [3.05, 3.63) is 29.8 Å². The lowest BCUT2D eigenvalue weighted by molar-refractivity contribution is 0.491.